The summed E-state index contributed by atoms with van der Waals surface area (Å²) in [6, 6.07) is 0. The Bertz CT molecular complexity index is 431. The molecule has 4 nitrogen and oxygen atoms in total. The fourth-order valence-corrected chi connectivity index (χ4v) is 2.82. The Morgan fingerprint density at radius 1 is 1.21 bits per heavy atom. The predicted octanol–water partition coefficient (Wildman–Crippen LogP) is 4.00. The summed E-state index contributed by atoms with van der Waals surface area (Å²) in [4.78, 5) is 9.15. The quantitative estimate of drug-likeness (QED) is 0.856. The Labute approximate surface area is 124 Å². The molecule has 0 aliphatic carbocycles. The van der Waals surface area contributed by atoms with Crippen molar-refractivity contribution in [3.8, 4) is 0 Å². The largest absolute Gasteiger partial charge is 0.383 e. The molecule has 0 aromatic carbocycles. The molecule has 0 spiro atoms. The molecule has 0 atom stereocenters. The van der Waals surface area contributed by atoms with Gasteiger partial charge in [0.2, 0.25) is 0 Å². The highest BCUT2D eigenvalue weighted by Crippen LogP contribution is 2.35. The van der Waals surface area contributed by atoms with Crippen LogP contribution >= 0.6 is 15.9 Å². The molecule has 1 aromatic rings. The number of nitrogens with zero attached hydrogens (tertiary/aromatic N) is 2. The number of nitrogens with two attached hydrogens (primary N) is 1. The van der Waals surface area contributed by atoms with E-state index in [2.05, 4.69) is 48.6 Å². The second kappa shape index (κ2) is 6.66. The van der Waals surface area contributed by atoms with E-state index < -0.39 is 5.60 Å². The first-order valence-electron chi connectivity index (χ1n) is 6.89. The highest BCUT2D eigenvalue weighted by molar-refractivity contribution is 9.10. The van der Waals surface area contributed by atoms with E-state index in [0.717, 1.165) is 23.0 Å². The molecule has 0 amide bonds. The first-order valence-corrected chi connectivity index (χ1v) is 7.68. The molecular formula is C14H24BrN3O. The third kappa shape index (κ3) is 3.26. The number of aromatic nitrogens is 2. The van der Waals surface area contributed by atoms with Crippen LogP contribution in [0.15, 0.2) is 4.47 Å². The molecule has 0 bridgehead atoms. The molecule has 0 saturated heterocycles. The molecule has 108 valence electrons. The summed E-state index contributed by atoms with van der Waals surface area (Å²) in [6.45, 7) is 11.0. The molecule has 2 N–H and O–H groups in total. The second-order valence-electron chi connectivity index (χ2n) is 4.92. The van der Waals surface area contributed by atoms with Crippen molar-refractivity contribution in [2.75, 3.05) is 12.3 Å². The summed E-state index contributed by atoms with van der Waals surface area (Å²) in [5.74, 6) is 1.47. The molecule has 0 fully saturated rings. The van der Waals surface area contributed by atoms with Crippen LogP contribution in [0.2, 0.25) is 0 Å². The molecule has 19 heavy (non-hydrogen) atoms. The Morgan fingerprint density at radius 2 is 1.79 bits per heavy atom. The second-order valence-corrected chi connectivity index (χ2v) is 5.71. The van der Waals surface area contributed by atoms with Crippen LogP contribution in [0.1, 0.15) is 64.9 Å². The topological polar surface area (TPSA) is 61.0 Å². The Kier molecular flexibility index (Phi) is 5.74. The molecule has 0 saturated carbocycles. The standard InChI is InChI=1S/C14H24BrN3O/c1-6-14(7-2,19-8-3)13-17-11(9(4)5)10(15)12(16)18-13/h9H,6-8H2,1-5H3,(H2,16,17,18). The normalized spacial score (nSPS) is 12.2. The third-order valence-electron chi connectivity index (χ3n) is 3.42. The summed E-state index contributed by atoms with van der Waals surface area (Å²) in [5, 5.41) is 0. The smallest absolute Gasteiger partial charge is 0.162 e. The lowest BCUT2D eigenvalue weighted by molar-refractivity contribution is -0.0572. The summed E-state index contributed by atoms with van der Waals surface area (Å²) < 4.78 is 6.74. The van der Waals surface area contributed by atoms with Crippen LogP contribution in [-0.2, 0) is 10.3 Å². The Balaban J connectivity index is 3.40. The van der Waals surface area contributed by atoms with Crippen molar-refractivity contribution in [1.29, 1.82) is 0 Å². The maximum Gasteiger partial charge on any atom is 0.162 e. The van der Waals surface area contributed by atoms with Gasteiger partial charge >= 0.3 is 0 Å². The van der Waals surface area contributed by atoms with Gasteiger partial charge in [-0.15, -0.1) is 0 Å². The van der Waals surface area contributed by atoms with Gasteiger partial charge in [0.15, 0.2) is 5.82 Å². The lowest BCUT2D eigenvalue weighted by atomic mass is 9.95. The van der Waals surface area contributed by atoms with E-state index in [1.807, 2.05) is 6.92 Å². The Hall–Kier alpha value is -0.680. The summed E-state index contributed by atoms with van der Waals surface area (Å²) in [5.41, 5.74) is 6.51. The number of hydrogen-bond donors (Lipinski definition) is 1. The molecule has 1 heterocycles. The van der Waals surface area contributed by atoms with Crippen molar-refractivity contribution >= 4 is 21.7 Å². The van der Waals surface area contributed by atoms with E-state index in [-0.39, 0.29) is 5.92 Å². The van der Waals surface area contributed by atoms with Gasteiger partial charge in [-0.05, 0) is 41.6 Å². The Morgan fingerprint density at radius 3 is 2.21 bits per heavy atom. The van der Waals surface area contributed by atoms with E-state index in [1.54, 1.807) is 0 Å². The lowest BCUT2D eigenvalue weighted by Crippen LogP contribution is -2.31. The summed E-state index contributed by atoms with van der Waals surface area (Å²) >= 11 is 3.47. The maximum atomic E-state index is 6.01. The van der Waals surface area contributed by atoms with Crippen LogP contribution in [0.5, 0.6) is 0 Å². The van der Waals surface area contributed by atoms with Gasteiger partial charge in [-0.3, -0.25) is 0 Å². The first-order chi connectivity index (χ1) is 8.91. The monoisotopic (exact) mass is 329 g/mol. The van der Waals surface area contributed by atoms with Crippen LogP contribution in [0, 0.1) is 0 Å². The van der Waals surface area contributed by atoms with E-state index >= 15 is 0 Å². The van der Waals surface area contributed by atoms with Gasteiger partial charge in [0, 0.05) is 6.61 Å². The average Bonchev–Trinajstić information content (AvgIpc) is 2.38. The molecule has 0 aliphatic heterocycles. The lowest BCUT2D eigenvalue weighted by Gasteiger charge is -2.30. The zero-order valence-electron chi connectivity index (χ0n) is 12.5. The number of rotatable bonds is 6. The maximum absolute atomic E-state index is 6.01. The van der Waals surface area contributed by atoms with Gasteiger partial charge in [-0.1, -0.05) is 27.7 Å². The minimum absolute atomic E-state index is 0.284. The number of ether oxygens (including phenoxy) is 1. The van der Waals surface area contributed by atoms with Crippen LogP contribution in [0.4, 0.5) is 5.82 Å². The van der Waals surface area contributed by atoms with Gasteiger partial charge < -0.3 is 10.5 Å². The van der Waals surface area contributed by atoms with Crippen molar-refractivity contribution in [2.45, 2.75) is 59.0 Å². The summed E-state index contributed by atoms with van der Waals surface area (Å²) in [7, 11) is 0. The molecule has 0 aliphatic rings. The highest BCUT2D eigenvalue weighted by atomic mass is 79.9. The van der Waals surface area contributed by atoms with Gasteiger partial charge in [0.05, 0.1) is 10.2 Å². The van der Waals surface area contributed by atoms with Gasteiger partial charge in [0.1, 0.15) is 11.4 Å². The molecule has 1 rings (SSSR count). The van der Waals surface area contributed by atoms with Crippen molar-refractivity contribution in [3.05, 3.63) is 16.0 Å². The van der Waals surface area contributed by atoms with Crippen molar-refractivity contribution in [2.24, 2.45) is 0 Å². The predicted molar refractivity (Wildman–Crippen MR) is 82.1 cm³/mol. The van der Waals surface area contributed by atoms with E-state index in [0.29, 0.717) is 18.2 Å². The third-order valence-corrected chi connectivity index (χ3v) is 4.23. The SMILES string of the molecule is CCOC(CC)(CC)c1nc(N)c(Br)c(C(C)C)n1. The number of anilines is 1. The molecule has 0 unspecified atom stereocenters. The number of nitrogen functional groups attached to an aromatic ring is 1. The van der Waals surface area contributed by atoms with E-state index in [1.165, 1.54) is 0 Å². The van der Waals surface area contributed by atoms with E-state index in [4.69, 9.17) is 15.5 Å². The molecular weight excluding hydrogens is 306 g/mol. The van der Waals surface area contributed by atoms with Crippen molar-refractivity contribution < 1.29 is 4.74 Å². The summed E-state index contributed by atoms with van der Waals surface area (Å²) in [6.07, 6.45) is 1.66. The van der Waals surface area contributed by atoms with Crippen LogP contribution in [0.25, 0.3) is 0 Å². The number of halogens is 1. The molecule has 1 aromatic heterocycles. The van der Waals surface area contributed by atoms with Crippen LogP contribution < -0.4 is 5.73 Å². The average molecular weight is 330 g/mol. The zero-order chi connectivity index (χ0) is 14.6. The fourth-order valence-electron chi connectivity index (χ4n) is 2.18. The molecule has 0 radical (unpaired) electrons. The fraction of sp³-hybridized carbons (Fsp3) is 0.714. The van der Waals surface area contributed by atoms with Gasteiger partial charge in [0.25, 0.3) is 0 Å². The van der Waals surface area contributed by atoms with E-state index in [9.17, 15) is 0 Å². The minimum Gasteiger partial charge on any atom is -0.383 e. The van der Waals surface area contributed by atoms with Crippen LogP contribution in [-0.4, -0.2) is 16.6 Å². The van der Waals surface area contributed by atoms with Gasteiger partial charge in [-0.25, -0.2) is 9.97 Å². The first kappa shape index (κ1) is 16.4. The number of hydrogen-bond acceptors (Lipinski definition) is 4. The molecule has 5 heteroatoms. The zero-order valence-corrected chi connectivity index (χ0v) is 14.0. The van der Waals surface area contributed by atoms with Crippen LogP contribution in [0.3, 0.4) is 0 Å². The van der Waals surface area contributed by atoms with Crippen molar-refractivity contribution in [3.63, 3.8) is 0 Å². The van der Waals surface area contributed by atoms with Gasteiger partial charge in [-0.2, -0.15) is 0 Å². The minimum atomic E-state index is -0.437. The van der Waals surface area contributed by atoms with Crippen molar-refractivity contribution in [1.82, 2.24) is 9.97 Å². The highest BCUT2D eigenvalue weighted by Gasteiger charge is 2.33.